The number of terminal acetylenes is 1. The number of para-hydroxylation sites is 1. The van der Waals surface area contributed by atoms with Gasteiger partial charge in [-0.2, -0.15) is 4.31 Å². The van der Waals surface area contributed by atoms with E-state index in [-0.39, 0.29) is 41.5 Å². The fraction of sp³-hybridized carbons (Fsp3) is 0.150. The minimum absolute atomic E-state index is 0.0149. The molecule has 272 valence electrons. The first-order valence-electron chi connectivity index (χ1n) is 16.7. The van der Waals surface area contributed by atoms with Crippen LogP contribution in [0.4, 0.5) is 5.13 Å². The van der Waals surface area contributed by atoms with Crippen molar-refractivity contribution in [2.75, 3.05) is 27.1 Å². The van der Waals surface area contributed by atoms with E-state index in [0.717, 1.165) is 21.4 Å². The number of nitrogen functional groups attached to an aromatic ring is 1. The standard InChI is InChI=1S/C40H35N7O5S2/c1-5-29-15-22-33(34-7-6-8-35-37(34)42-40(41)53-35)36(39-43-44-45-47(39)25-28-13-20-32(52-4)21-14-28)38(29)54(48,49)46(23-26-9-16-30(50-2)17-10-26)24-27-11-18-31(51-3)19-12-27/h1,6-22H,23-25H2,2-4H3,(H2,41,42). The SMILES string of the molecule is C#Cc1ccc(-c2cccc3sc(N)nc23)c(-c2nnnn2Cc2ccc(OC)cc2)c1S(=O)(=O)N(Cc1ccc(OC)cc1)Cc1ccc(OC)cc1. The fourth-order valence-electron chi connectivity index (χ4n) is 6.21. The van der Waals surface area contributed by atoms with Crippen molar-refractivity contribution < 1.29 is 22.6 Å². The van der Waals surface area contributed by atoms with E-state index < -0.39 is 10.0 Å². The van der Waals surface area contributed by atoms with E-state index in [4.69, 9.17) is 26.4 Å². The predicted molar refractivity (Wildman–Crippen MR) is 209 cm³/mol. The third-order valence-corrected chi connectivity index (χ3v) is 11.6. The molecule has 2 heterocycles. The fourth-order valence-corrected chi connectivity index (χ4v) is 8.73. The van der Waals surface area contributed by atoms with Gasteiger partial charge in [0, 0.05) is 24.2 Å². The van der Waals surface area contributed by atoms with Gasteiger partial charge in [0.05, 0.1) is 43.7 Å². The molecule has 0 aliphatic rings. The van der Waals surface area contributed by atoms with Crippen molar-refractivity contribution in [3.63, 3.8) is 0 Å². The summed E-state index contributed by atoms with van der Waals surface area (Å²) in [6.45, 7) is 0.253. The molecule has 0 amide bonds. The quantitative estimate of drug-likeness (QED) is 0.127. The first-order valence-corrected chi connectivity index (χ1v) is 18.9. The number of hydrogen-bond donors (Lipinski definition) is 1. The number of aromatic nitrogens is 5. The molecule has 0 aliphatic carbocycles. The molecule has 0 fully saturated rings. The van der Waals surface area contributed by atoms with Gasteiger partial charge in [-0.25, -0.2) is 18.1 Å². The number of sulfonamides is 1. The number of anilines is 1. The molecule has 5 aromatic carbocycles. The zero-order chi connectivity index (χ0) is 37.8. The summed E-state index contributed by atoms with van der Waals surface area (Å²) in [5.41, 5.74) is 10.7. The number of ether oxygens (including phenoxy) is 3. The second kappa shape index (κ2) is 15.4. The van der Waals surface area contributed by atoms with Crippen LogP contribution in [-0.2, 0) is 29.7 Å². The molecular weight excluding hydrogens is 723 g/mol. The van der Waals surface area contributed by atoms with Crippen LogP contribution in [-0.4, -0.2) is 59.2 Å². The van der Waals surface area contributed by atoms with Gasteiger partial charge in [0.2, 0.25) is 10.0 Å². The number of fused-ring (bicyclic) bond motifs is 1. The van der Waals surface area contributed by atoms with Crippen LogP contribution in [0.1, 0.15) is 22.3 Å². The summed E-state index contributed by atoms with van der Waals surface area (Å²) >= 11 is 1.34. The van der Waals surface area contributed by atoms with Crippen molar-refractivity contribution in [3.8, 4) is 52.1 Å². The van der Waals surface area contributed by atoms with Crippen molar-refractivity contribution in [1.82, 2.24) is 29.5 Å². The Morgan fingerprint density at radius 2 is 1.35 bits per heavy atom. The van der Waals surface area contributed by atoms with Crippen molar-refractivity contribution in [2.45, 2.75) is 24.5 Å². The lowest BCUT2D eigenvalue weighted by molar-refractivity contribution is 0.397. The maximum atomic E-state index is 15.5. The van der Waals surface area contributed by atoms with Crippen LogP contribution in [0.25, 0.3) is 32.7 Å². The second-order valence-corrected chi connectivity index (χ2v) is 15.1. The molecule has 2 N–H and O–H groups in total. The van der Waals surface area contributed by atoms with E-state index in [9.17, 15) is 0 Å². The van der Waals surface area contributed by atoms with Crippen LogP contribution in [0, 0.1) is 12.3 Å². The molecule has 7 rings (SSSR count). The minimum atomic E-state index is -4.45. The summed E-state index contributed by atoms with van der Waals surface area (Å²) in [6, 6.07) is 31.0. The van der Waals surface area contributed by atoms with E-state index in [1.165, 1.54) is 15.6 Å². The molecule has 0 radical (unpaired) electrons. The number of benzene rings is 5. The molecule has 0 unspecified atom stereocenters. The highest BCUT2D eigenvalue weighted by atomic mass is 32.2. The van der Waals surface area contributed by atoms with Crippen LogP contribution in [0.5, 0.6) is 17.2 Å². The molecule has 7 aromatic rings. The zero-order valence-electron chi connectivity index (χ0n) is 29.6. The van der Waals surface area contributed by atoms with Crippen LogP contribution in [0.3, 0.4) is 0 Å². The molecule has 14 heteroatoms. The van der Waals surface area contributed by atoms with Crippen LogP contribution >= 0.6 is 11.3 Å². The lowest BCUT2D eigenvalue weighted by Crippen LogP contribution is -2.31. The van der Waals surface area contributed by atoms with Gasteiger partial charge < -0.3 is 19.9 Å². The van der Waals surface area contributed by atoms with Crippen molar-refractivity contribution in [1.29, 1.82) is 0 Å². The van der Waals surface area contributed by atoms with E-state index in [2.05, 4.69) is 26.4 Å². The Bertz CT molecular complexity index is 2530. The Labute approximate surface area is 316 Å². The maximum Gasteiger partial charge on any atom is 0.245 e. The molecule has 0 bridgehead atoms. The molecule has 0 aliphatic heterocycles. The summed E-state index contributed by atoms with van der Waals surface area (Å²) < 4.78 is 50.9. The maximum absolute atomic E-state index is 15.5. The molecule has 12 nitrogen and oxygen atoms in total. The first kappa shape index (κ1) is 36.1. The van der Waals surface area contributed by atoms with Gasteiger partial charge in [-0.15, -0.1) is 11.5 Å². The lowest BCUT2D eigenvalue weighted by Gasteiger charge is -2.26. The molecule has 0 spiro atoms. The van der Waals surface area contributed by atoms with Gasteiger partial charge in [0.15, 0.2) is 11.0 Å². The highest BCUT2D eigenvalue weighted by molar-refractivity contribution is 7.89. The largest absolute Gasteiger partial charge is 0.497 e. The molecule has 0 saturated heterocycles. The van der Waals surface area contributed by atoms with Gasteiger partial charge >= 0.3 is 0 Å². The Morgan fingerprint density at radius 1 is 0.778 bits per heavy atom. The minimum Gasteiger partial charge on any atom is -0.497 e. The van der Waals surface area contributed by atoms with Crippen LogP contribution < -0.4 is 19.9 Å². The number of methoxy groups -OCH3 is 3. The predicted octanol–water partition coefficient (Wildman–Crippen LogP) is 6.65. The summed E-state index contributed by atoms with van der Waals surface area (Å²) in [4.78, 5) is 4.52. The zero-order valence-corrected chi connectivity index (χ0v) is 31.3. The van der Waals surface area contributed by atoms with Gasteiger partial charge in [-0.3, -0.25) is 0 Å². The highest BCUT2D eigenvalue weighted by Gasteiger charge is 2.35. The van der Waals surface area contributed by atoms with Gasteiger partial charge in [0.25, 0.3) is 0 Å². The first-order chi connectivity index (χ1) is 26.2. The van der Waals surface area contributed by atoms with Gasteiger partial charge in [-0.1, -0.05) is 71.9 Å². The number of nitrogens with two attached hydrogens (primary N) is 1. The molecular formula is C40H35N7O5S2. The Kier molecular flexibility index (Phi) is 10.3. The molecule has 54 heavy (non-hydrogen) atoms. The molecule has 2 aromatic heterocycles. The number of rotatable bonds is 13. The monoisotopic (exact) mass is 757 g/mol. The van der Waals surface area contributed by atoms with E-state index in [1.54, 1.807) is 62.4 Å². The number of nitrogens with zero attached hydrogens (tertiary/aromatic N) is 6. The smallest absolute Gasteiger partial charge is 0.245 e. The van der Waals surface area contributed by atoms with Gasteiger partial charge in [0.1, 0.15) is 22.1 Å². The third-order valence-electron chi connectivity index (χ3n) is 8.92. The van der Waals surface area contributed by atoms with E-state index >= 15 is 8.42 Å². The van der Waals surface area contributed by atoms with Crippen molar-refractivity contribution >= 4 is 36.7 Å². The number of tetrazole rings is 1. The number of thiazole rings is 1. The Balaban J connectivity index is 1.47. The normalized spacial score (nSPS) is 11.5. The Hall–Kier alpha value is -6.27. The third kappa shape index (κ3) is 7.20. The summed E-state index contributed by atoms with van der Waals surface area (Å²) in [5.74, 6) is 4.84. The van der Waals surface area contributed by atoms with Crippen LogP contribution in [0.15, 0.2) is 108 Å². The van der Waals surface area contributed by atoms with E-state index in [1.807, 2.05) is 66.7 Å². The summed E-state index contributed by atoms with van der Waals surface area (Å²) in [7, 11) is 0.306. The van der Waals surface area contributed by atoms with Gasteiger partial charge in [-0.05, 0) is 81.2 Å². The lowest BCUT2D eigenvalue weighted by atomic mass is 9.96. The van der Waals surface area contributed by atoms with Crippen molar-refractivity contribution in [2.24, 2.45) is 0 Å². The molecule has 0 atom stereocenters. The highest BCUT2D eigenvalue weighted by Crippen LogP contribution is 2.43. The van der Waals surface area contributed by atoms with Crippen LogP contribution in [0.2, 0.25) is 0 Å². The average molecular weight is 758 g/mol. The Morgan fingerprint density at radius 3 is 1.91 bits per heavy atom. The average Bonchev–Trinajstić information content (AvgIpc) is 3.83. The topological polar surface area (TPSA) is 148 Å². The number of hydrogen-bond acceptors (Lipinski definition) is 11. The van der Waals surface area contributed by atoms with Crippen molar-refractivity contribution in [3.05, 3.63) is 125 Å². The summed E-state index contributed by atoms with van der Waals surface area (Å²) in [5, 5.41) is 13.2. The second-order valence-electron chi connectivity index (χ2n) is 12.2. The van der Waals surface area contributed by atoms with E-state index in [0.29, 0.717) is 39.0 Å². The molecule has 0 saturated carbocycles. The summed E-state index contributed by atoms with van der Waals surface area (Å²) in [6.07, 6.45) is 6.15.